The van der Waals surface area contributed by atoms with Gasteiger partial charge in [0.05, 0.1) is 33.5 Å². The van der Waals surface area contributed by atoms with Crippen molar-refractivity contribution in [3.8, 4) is 34.4 Å². The predicted octanol–water partition coefficient (Wildman–Crippen LogP) is 26.9. The summed E-state index contributed by atoms with van der Waals surface area (Å²) in [5.74, 6) is 1.38. The molecule has 6 nitrogen and oxygen atoms in total. The molecule has 8 heterocycles. The Morgan fingerprint density at radius 3 is 1.03 bits per heavy atom. The maximum absolute atomic E-state index is 5.67. The average Bonchev–Trinajstić information content (AvgIpc) is 1.55. The number of aromatic nitrogens is 6. The number of nitrogens with zero attached hydrogens (tertiary/aromatic N) is 6. The van der Waals surface area contributed by atoms with E-state index in [-0.39, 0.29) is 0 Å². The normalized spacial score (nSPS) is 12.3. The minimum Gasteiger partial charge on any atom is -0.278 e. The number of hydrogen-bond donors (Lipinski definition) is 0. The first kappa shape index (κ1) is 56.6. The molecule has 472 valence electrons. The van der Waals surface area contributed by atoms with Crippen LogP contribution in [0.5, 0.6) is 0 Å². The molecule has 0 bridgehead atoms. The number of benzene rings is 16. The summed E-state index contributed by atoms with van der Waals surface area (Å²) < 4.78 is 12.2. The monoisotopic (exact) mass is 1370 g/mol. The minimum atomic E-state index is 0.690. The van der Waals surface area contributed by atoms with E-state index < -0.39 is 0 Å². The molecule has 0 saturated heterocycles. The summed E-state index contributed by atoms with van der Waals surface area (Å²) in [5.41, 5.74) is 8.61. The maximum Gasteiger partial charge on any atom is 0.236 e. The Hall–Kier alpha value is -12.3. The van der Waals surface area contributed by atoms with Crippen LogP contribution in [0.15, 0.2) is 303 Å². The minimum absolute atomic E-state index is 0.690. The van der Waals surface area contributed by atoms with E-state index in [4.69, 9.17) is 19.9 Å². The van der Waals surface area contributed by atoms with Crippen LogP contribution in [0.25, 0.3) is 224 Å². The second-order valence-corrected chi connectivity index (χ2v) is 30.8. The molecule has 0 amide bonds. The average molecular weight is 1370 g/mol. The third-order valence-corrected chi connectivity index (χ3v) is 25.6. The zero-order chi connectivity index (χ0) is 66.4. The maximum atomic E-state index is 5.67. The molecule has 16 aromatic carbocycles. The Morgan fingerprint density at radius 2 is 0.549 bits per heavy atom. The summed E-state index contributed by atoms with van der Waals surface area (Å²) in [5, 5.41) is 29.7. The molecule has 0 atom stereocenters. The molecule has 0 N–H and O–H groups in total. The van der Waals surface area contributed by atoms with Crippen molar-refractivity contribution in [2.75, 3.05) is 0 Å². The molecule has 0 saturated carbocycles. The number of fused-ring (bicyclic) bond motifs is 30. The third-order valence-electron chi connectivity index (χ3n) is 21.2. The SMILES string of the molecule is c1ccc2c(c1)ccc1c2c2c3ccccc3ccc2n1-c1nc(-c2cc3sc4ccccc4c3c3ccccc23)c2c(n1)sc1ccccc12.c1ccc2c(c1)ccc1sc3cc(-c4nc(-n5c6ccc7ccccc7c6c6c7ccccc7ccc65)nc5sc6ccccc6c45)ccc3c12. The molecule has 0 spiro atoms. The molecule has 0 aliphatic rings. The van der Waals surface area contributed by atoms with Crippen molar-refractivity contribution in [3.05, 3.63) is 303 Å². The van der Waals surface area contributed by atoms with Gasteiger partial charge in [-0.2, -0.15) is 0 Å². The number of thiophene rings is 4. The highest BCUT2D eigenvalue weighted by molar-refractivity contribution is 7.27. The summed E-state index contributed by atoms with van der Waals surface area (Å²) in [6.07, 6.45) is 0. The summed E-state index contributed by atoms with van der Waals surface area (Å²) in [6, 6.07) is 110. The van der Waals surface area contributed by atoms with Crippen molar-refractivity contribution in [3.63, 3.8) is 0 Å². The van der Waals surface area contributed by atoms with Crippen LogP contribution in [-0.2, 0) is 0 Å². The van der Waals surface area contributed by atoms with Crippen LogP contribution >= 0.6 is 45.3 Å². The lowest BCUT2D eigenvalue weighted by Crippen LogP contribution is -2.03. The molecular weight excluding hydrogens is 1320 g/mol. The molecule has 24 aromatic rings. The molecule has 0 unspecified atom stereocenters. The summed E-state index contributed by atoms with van der Waals surface area (Å²) in [4.78, 5) is 24.1. The highest BCUT2D eigenvalue weighted by Gasteiger charge is 2.27. The fraction of sp³-hybridized carbons (Fsp3) is 0. The highest BCUT2D eigenvalue weighted by atomic mass is 32.1. The largest absolute Gasteiger partial charge is 0.278 e. The van der Waals surface area contributed by atoms with Gasteiger partial charge in [0.25, 0.3) is 0 Å². The van der Waals surface area contributed by atoms with E-state index in [2.05, 4.69) is 312 Å². The lowest BCUT2D eigenvalue weighted by Gasteiger charge is -2.13. The van der Waals surface area contributed by atoms with E-state index >= 15 is 0 Å². The molecular formula is C92H50N6S4. The standard InChI is InChI=1S/2C46H25N3S2/c1-4-12-30-28(11-1)20-24-38-40(30)34-21-17-29(25-39(34)50-38)44-43-33-15-7-8-16-37(33)51-45(43)48-46(47-44)49-35-22-18-26-9-2-5-13-31(26)41(35)42-32-14-6-3-10-27(32)19-23-36(42)49;1-3-13-28-26(11-1)21-23-35-41(28)42-29-14-4-2-12-27(29)22-24-36(42)49(35)46-47-44(43-33-18-8-10-20-38(33)51-45(43)48-46)34-25-39-40(31-16-6-5-15-30(31)34)32-17-7-9-19-37(32)50-39/h2*1-25H. The zero-order valence-electron chi connectivity index (χ0n) is 54.2. The first-order valence-electron chi connectivity index (χ1n) is 34.3. The van der Waals surface area contributed by atoms with Gasteiger partial charge in [0.1, 0.15) is 9.66 Å². The molecule has 0 aliphatic carbocycles. The lowest BCUT2D eigenvalue weighted by atomic mass is 9.96. The van der Waals surface area contributed by atoms with E-state index in [1.165, 1.54) is 147 Å². The van der Waals surface area contributed by atoms with Crippen LogP contribution in [0.1, 0.15) is 0 Å². The van der Waals surface area contributed by atoms with Crippen LogP contribution in [-0.4, -0.2) is 29.1 Å². The van der Waals surface area contributed by atoms with Crippen molar-refractivity contribution >= 4 is 235 Å². The van der Waals surface area contributed by atoms with E-state index in [0.717, 1.165) is 65.0 Å². The van der Waals surface area contributed by atoms with Gasteiger partial charge in [-0.25, -0.2) is 19.9 Å². The van der Waals surface area contributed by atoms with Gasteiger partial charge >= 0.3 is 0 Å². The van der Waals surface area contributed by atoms with Crippen LogP contribution < -0.4 is 0 Å². The Morgan fingerprint density at radius 1 is 0.206 bits per heavy atom. The van der Waals surface area contributed by atoms with Gasteiger partial charge in [0, 0.05) is 104 Å². The van der Waals surface area contributed by atoms with Crippen molar-refractivity contribution < 1.29 is 0 Å². The molecule has 8 aromatic heterocycles. The van der Waals surface area contributed by atoms with Gasteiger partial charge in [-0.1, -0.05) is 243 Å². The molecule has 0 radical (unpaired) electrons. The van der Waals surface area contributed by atoms with E-state index in [1.54, 1.807) is 22.7 Å². The van der Waals surface area contributed by atoms with Crippen molar-refractivity contribution in [1.82, 2.24) is 29.1 Å². The van der Waals surface area contributed by atoms with Crippen LogP contribution in [0, 0.1) is 0 Å². The summed E-state index contributed by atoms with van der Waals surface area (Å²) in [7, 11) is 0. The third kappa shape index (κ3) is 8.14. The van der Waals surface area contributed by atoms with Crippen LogP contribution in [0.3, 0.4) is 0 Å². The van der Waals surface area contributed by atoms with Gasteiger partial charge < -0.3 is 0 Å². The molecule has 10 heteroatoms. The van der Waals surface area contributed by atoms with Gasteiger partial charge in [-0.3, -0.25) is 9.13 Å². The van der Waals surface area contributed by atoms with E-state index in [0.29, 0.717) is 11.9 Å². The quantitative estimate of drug-likeness (QED) is 0.176. The Balaban J connectivity index is 0.000000126. The summed E-state index contributed by atoms with van der Waals surface area (Å²) in [6.45, 7) is 0. The highest BCUT2D eigenvalue weighted by Crippen LogP contribution is 2.50. The molecule has 0 fully saturated rings. The number of hydrogen-bond acceptors (Lipinski definition) is 8. The van der Waals surface area contributed by atoms with E-state index in [9.17, 15) is 0 Å². The Kier molecular flexibility index (Phi) is 12.0. The summed E-state index contributed by atoms with van der Waals surface area (Å²) >= 11 is 7.21. The van der Waals surface area contributed by atoms with Crippen LogP contribution in [0.4, 0.5) is 0 Å². The van der Waals surface area contributed by atoms with Gasteiger partial charge in [0.2, 0.25) is 11.9 Å². The van der Waals surface area contributed by atoms with Gasteiger partial charge in [-0.15, -0.1) is 45.3 Å². The predicted molar refractivity (Wildman–Crippen MR) is 440 cm³/mol. The fourth-order valence-corrected chi connectivity index (χ4v) is 21.3. The smallest absolute Gasteiger partial charge is 0.236 e. The topological polar surface area (TPSA) is 61.4 Å². The van der Waals surface area contributed by atoms with Crippen molar-refractivity contribution in [2.24, 2.45) is 0 Å². The van der Waals surface area contributed by atoms with Crippen LogP contribution in [0.2, 0.25) is 0 Å². The lowest BCUT2D eigenvalue weighted by molar-refractivity contribution is 1.02. The molecule has 24 rings (SSSR count). The van der Waals surface area contributed by atoms with Gasteiger partial charge in [0.15, 0.2) is 0 Å². The molecule has 0 aliphatic heterocycles. The first-order valence-corrected chi connectivity index (χ1v) is 37.6. The fourth-order valence-electron chi connectivity index (χ4n) is 16.8. The number of rotatable bonds is 4. The van der Waals surface area contributed by atoms with E-state index in [1.807, 2.05) is 22.7 Å². The molecule has 102 heavy (non-hydrogen) atoms. The van der Waals surface area contributed by atoms with Gasteiger partial charge in [-0.05, 0) is 125 Å². The van der Waals surface area contributed by atoms with Crippen molar-refractivity contribution in [2.45, 2.75) is 0 Å². The second kappa shape index (κ2) is 21.6. The Bertz CT molecular complexity index is 7610. The Labute approximate surface area is 596 Å². The first-order chi connectivity index (χ1) is 50.6. The van der Waals surface area contributed by atoms with Crippen molar-refractivity contribution in [1.29, 1.82) is 0 Å². The second-order valence-electron chi connectivity index (χ2n) is 26.6. The zero-order valence-corrected chi connectivity index (χ0v) is 57.4.